The largest absolute Gasteiger partial charge is 0.487 e. The Hall–Kier alpha value is -1.87. The van der Waals surface area contributed by atoms with Crippen LogP contribution in [0.5, 0.6) is 5.75 Å². The van der Waals surface area contributed by atoms with E-state index >= 15 is 0 Å². The molecule has 0 spiro atoms. The zero-order valence-electron chi connectivity index (χ0n) is 8.97. The first-order valence-corrected chi connectivity index (χ1v) is 5.44. The number of rotatable bonds is 4. The Balaban J connectivity index is 2.07. The van der Waals surface area contributed by atoms with Gasteiger partial charge in [0.05, 0.1) is 6.20 Å². The van der Waals surface area contributed by atoms with Gasteiger partial charge in [0.15, 0.2) is 6.29 Å². The Labute approximate surface area is 104 Å². The minimum absolute atomic E-state index is 0.351. The second-order valence-corrected chi connectivity index (χ2v) is 3.86. The molecule has 0 saturated carbocycles. The summed E-state index contributed by atoms with van der Waals surface area (Å²) in [5.41, 5.74) is 1.38. The van der Waals surface area contributed by atoms with Crippen molar-refractivity contribution in [3.8, 4) is 5.75 Å². The van der Waals surface area contributed by atoms with Crippen LogP contribution >= 0.6 is 11.6 Å². The van der Waals surface area contributed by atoms with Gasteiger partial charge in [-0.1, -0.05) is 29.8 Å². The molecule has 4 heteroatoms. The second kappa shape index (κ2) is 5.46. The van der Waals surface area contributed by atoms with Crippen LogP contribution in [0.1, 0.15) is 15.9 Å². The van der Waals surface area contributed by atoms with Crippen molar-refractivity contribution in [2.24, 2.45) is 0 Å². The number of benzene rings is 1. The predicted molar refractivity (Wildman–Crippen MR) is 65.4 cm³/mol. The van der Waals surface area contributed by atoms with E-state index in [0.29, 0.717) is 22.9 Å². The normalized spacial score (nSPS) is 9.94. The maximum absolute atomic E-state index is 10.6. The molecule has 0 N–H and O–H groups in total. The number of ether oxygens (including phenoxy) is 1. The number of hydrogen-bond acceptors (Lipinski definition) is 3. The Morgan fingerprint density at radius 3 is 2.88 bits per heavy atom. The molecule has 0 saturated heterocycles. The van der Waals surface area contributed by atoms with E-state index in [0.717, 1.165) is 11.8 Å². The van der Waals surface area contributed by atoms with Gasteiger partial charge in [0.1, 0.15) is 12.4 Å². The number of pyridine rings is 1. The fraction of sp³-hybridized carbons (Fsp3) is 0.0769. The average Bonchev–Trinajstić information content (AvgIpc) is 2.38. The van der Waals surface area contributed by atoms with Gasteiger partial charge in [0.2, 0.25) is 0 Å². The average molecular weight is 248 g/mol. The zero-order valence-corrected chi connectivity index (χ0v) is 9.72. The molecule has 0 aliphatic carbocycles. The fourth-order valence-corrected chi connectivity index (χ4v) is 1.55. The summed E-state index contributed by atoms with van der Waals surface area (Å²) in [5, 5.41) is 0.659. The lowest BCUT2D eigenvalue weighted by Gasteiger charge is -2.07. The molecule has 0 unspecified atom stereocenters. The number of halogens is 1. The monoisotopic (exact) mass is 247 g/mol. The summed E-state index contributed by atoms with van der Waals surface area (Å²) >= 11 is 6.00. The Kier molecular flexibility index (Phi) is 3.73. The summed E-state index contributed by atoms with van der Waals surface area (Å²) in [6, 6.07) is 9.08. The molecule has 0 aliphatic heterocycles. The molecular formula is C13H10ClNO2. The summed E-state index contributed by atoms with van der Waals surface area (Å²) in [6.45, 7) is 0.351. The third-order valence-corrected chi connectivity index (χ3v) is 2.59. The van der Waals surface area contributed by atoms with E-state index < -0.39 is 0 Å². The molecule has 1 aromatic carbocycles. The van der Waals surface area contributed by atoms with Crippen molar-refractivity contribution in [3.63, 3.8) is 0 Å². The minimum atomic E-state index is 0.351. The highest BCUT2D eigenvalue weighted by molar-refractivity contribution is 6.31. The van der Waals surface area contributed by atoms with Gasteiger partial charge in [0, 0.05) is 22.3 Å². The summed E-state index contributed by atoms with van der Waals surface area (Å²) in [7, 11) is 0. The van der Waals surface area contributed by atoms with Crippen molar-refractivity contribution in [2.45, 2.75) is 6.61 Å². The molecule has 3 nitrogen and oxygen atoms in total. The third kappa shape index (κ3) is 3.04. The van der Waals surface area contributed by atoms with Gasteiger partial charge in [-0.3, -0.25) is 9.78 Å². The van der Waals surface area contributed by atoms with Gasteiger partial charge in [-0.25, -0.2) is 0 Å². The number of nitrogens with zero attached hydrogens (tertiary/aromatic N) is 1. The molecule has 0 fully saturated rings. The van der Waals surface area contributed by atoms with E-state index in [2.05, 4.69) is 4.98 Å². The van der Waals surface area contributed by atoms with Crippen molar-refractivity contribution in [2.75, 3.05) is 0 Å². The van der Waals surface area contributed by atoms with Crippen molar-refractivity contribution < 1.29 is 9.53 Å². The van der Waals surface area contributed by atoms with Crippen molar-refractivity contribution >= 4 is 17.9 Å². The SMILES string of the molecule is O=Cc1cncc(OCc2ccccc2Cl)c1. The summed E-state index contributed by atoms with van der Waals surface area (Å²) in [5.74, 6) is 0.550. The quantitative estimate of drug-likeness (QED) is 0.780. The van der Waals surface area contributed by atoms with E-state index in [-0.39, 0.29) is 0 Å². The highest BCUT2D eigenvalue weighted by Gasteiger charge is 2.01. The fourth-order valence-electron chi connectivity index (χ4n) is 1.36. The molecule has 86 valence electrons. The van der Waals surface area contributed by atoms with E-state index in [1.54, 1.807) is 18.3 Å². The summed E-state index contributed by atoms with van der Waals surface area (Å²) in [4.78, 5) is 14.5. The van der Waals surface area contributed by atoms with Crippen LogP contribution in [0.2, 0.25) is 5.02 Å². The number of aldehydes is 1. The highest BCUT2D eigenvalue weighted by atomic mass is 35.5. The lowest BCUT2D eigenvalue weighted by molar-refractivity contribution is 0.112. The number of carbonyl (C=O) groups excluding carboxylic acids is 1. The Morgan fingerprint density at radius 1 is 1.29 bits per heavy atom. The molecule has 0 bridgehead atoms. The maximum Gasteiger partial charge on any atom is 0.151 e. The highest BCUT2D eigenvalue weighted by Crippen LogP contribution is 2.18. The Morgan fingerprint density at radius 2 is 2.12 bits per heavy atom. The van der Waals surface area contributed by atoms with E-state index in [4.69, 9.17) is 16.3 Å². The zero-order chi connectivity index (χ0) is 12.1. The van der Waals surface area contributed by atoms with Gasteiger partial charge >= 0.3 is 0 Å². The van der Waals surface area contributed by atoms with Gasteiger partial charge in [0.25, 0.3) is 0 Å². The molecule has 0 aliphatic rings. The third-order valence-electron chi connectivity index (χ3n) is 2.22. The van der Waals surface area contributed by atoms with E-state index in [1.165, 1.54) is 6.20 Å². The van der Waals surface area contributed by atoms with Gasteiger partial charge in [-0.15, -0.1) is 0 Å². The molecule has 0 amide bonds. The predicted octanol–water partition coefficient (Wildman–Crippen LogP) is 3.13. The molecule has 17 heavy (non-hydrogen) atoms. The standard InChI is InChI=1S/C13H10ClNO2/c14-13-4-2-1-3-11(13)9-17-12-5-10(8-16)6-15-7-12/h1-8H,9H2. The lowest BCUT2D eigenvalue weighted by atomic mass is 10.2. The van der Waals surface area contributed by atoms with Crippen LogP contribution in [-0.2, 0) is 6.61 Å². The molecule has 1 aromatic heterocycles. The molecule has 2 rings (SSSR count). The molecule has 2 aromatic rings. The van der Waals surface area contributed by atoms with Crippen LogP contribution in [0.3, 0.4) is 0 Å². The topological polar surface area (TPSA) is 39.2 Å². The Bertz CT molecular complexity index is 528. The summed E-state index contributed by atoms with van der Waals surface area (Å²) < 4.78 is 5.51. The van der Waals surface area contributed by atoms with Gasteiger partial charge < -0.3 is 4.74 Å². The van der Waals surface area contributed by atoms with Crippen LogP contribution in [0, 0.1) is 0 Å². The van der Waals surface area contributed by atoms with Crippen LogP contribution in [0.15, 0.2) is 42.7 Å². The van der Waals surface area contributed by atoms with Gasteiger partial charge in [-0.2, -0.15) is 0 Å². The molecular weight excluding hydrogens is 238 g/mol. The minimum Gasteiger partial charge on any atom is -0.487 e. The van der Waals surface area contributed by atoms with Crippen molar-refractivity contribution in [3.05, 3.63) is 58.9 Å². The molecule has 1 heterocycles. The first-order valence-electron chi connectivity index (χ1n) is 5.06. The molecule has 0 radical (unpaired) electrons. The maximum atomic E-state index is 10.6. The van der Waals surface area contributed by atoms with E-state index in [9.17, 15) is 4.79 Å². The van der Waals surface area contributed by atoms with Crippen molar-refractivity contribution in [1.29, 1.82) is 0 Å². The number of aromatic nitrogens is 1. The summed E-state index contributed by atoms with van der Waals surface area (Å²) in [6.07, 6.45) is 3.77. The van der Waals surface area contributed by atoms with Crippen LogP contribution < -0.4 is 4.74 Å². The first-order chi connectivity index (χ1) is 8.29. The van der Waals surface area contributed by atoms with Crippen LogP contribution in [0.25, 0.3) is 0 Å². The van der Waals surface area contributed by atoms with Gasteiger partial charge in [-0.05, 0) is 12.1 Å². The van der Waals surface area contributed by atoms with Crippen molar-refractivity contribution in [1.82, 2.24) is 4.98 Å². The lowest BCUT2D eigenvalue weighted by Crippen LogP contribution is -1.97. The first kappa shape index (κ1) is 11.6. The molecule has 0 atom stereocenters. The van der Waals surface area contributed by atoms with Crippen LogP contribution in [0.4, 0.5) is 0 Å². The second-order valence-electron chi connectivity index (χ2n) is 3.45. The van der Waals surface area contributed by atoms with Crippen LogP contribution in [-0.4, -0.2) is 11.3 Å². The number of carbonyl (C=O) groups is 1. The number of hydrogen-bond donors (Lipinski definition) is 0. The smallest absolute Gasteiger partial charge is 0.151 e. The van der Waals surface area contributed by atoms with E-state index in [1.807, 2.05) is 18.2 Å².